The lowest BCUT2D eigenvalue weighted by Gasteiger charge is -2.20. The minimum atomic E-state index is 0.541. The van der Waals surface area contributed by atoms with Crippen LogP contribution in [0, 0.1) is 5.92 Å². The fourth-order valence-electron chi connectivity index (χ4n) is 2.73. The first-order valence-corrected chi connectivity index (χ1v) is 6.42. The van der Waals surface area contributed by atoms with Gasteiger partial charge in [0.1, 0.15) is 5.82 Å². The highest BCUT2D eigenvalue weighted by Crippen LogP contribution is 2.26. The Hall–Kier alpha value is -1.58. The molecule has 0 atom stereocenters. The topological polar surface area (TPSA) is 56.2 Å². The number of hydrogen-bond acceptors (Lipinski definition) is 3. The van der Waals surface area contributed by atoms with Crippen LogP contribution in [0.2, 0.25) is 0 Å². The van der Waals surface area contributed by atoms with Gasteiger partial charge in [-0.2, -0.15) is 0 Å². The van der Waals surface area contributed by atoms with Crippen molar-refractivity contribution in [3.05, 3.63) is 24.0 Å². The van der Waals surface area contributed by atoms with Gasteiger partial charge in [-0.05, 0) is 24.5 Å². The van der Waals surface area contributed by atoms with Crippen LogP contribution in [0.5, 0.6) is 0 Å². The molecule has 1 saturated carbocycles. The summed E-state index contributed by atoms with van der Waals surface area (Å²) < 4.78 is 1.79. The van der Waals surface area contributed by atoms with E-state index in [1.165, 1.54) is 32.1 Å². The van der Waals surface area contributed by atoms with Crippen molar-refractivity contribution in [3.8, 4) is 0 Å². The van der Waals surface area contributed by atoms with E-state index in [0.717, 1.165) is 23.7 Å². The van der Waals surface area contributed by atoms with E-state index in [-0.39, 0.29) is 0 Å². The molecule has 1 aliphatic rings. The Morgan fingerprint density at radius 3 is 2.88 bits per heavy atom. The van der Waals surface area contributed by atoms with Crippen LogP contribution < -0.4 is 5.73 Å². The molecule has 3 rings (SSSR count). The lowest BCUT2D eigenvalue weighted by molar-refractivity contribution is 0.354. The van der Waals surface area contributed by atoms with Crippen LogP contribution in [0.3, 0.4) is 0 Å². The molecular formula is C13H18N4. The van der Waals surface area contributed by atoms with E-state index in [1.54, 1.807) is 10.6 Å². The maximum atomic E-state index is 5.66. The summed E-state index contributed by atoms with van der Waals surface area (Å²) in [5.41, 5.74) is 7.70. The average Bonchev–Trinajstić information content (AvgIpc) is 2.71. The largest absolute Gasteiger partial charge is 0.382 e. The second kappa shape index (κ2) is 4.35. The molecular weight excluding hydrogens is 212 g/mol. The Morgan fingerprint density at radius 2 is 2.06 bits per heavy atom. The van der Waals surface area contributed by atoms with Crippen LogP contribution in [0.4, 0.5) is 5.82 Å². The van der Waals surface area contributed by atoms with E-state index in [9.17, 15) is 0 Å². The molecule has 2 aromatic heterocycles. The number of anilines is 1. The smallest absolute Gasteiger partial charge is 0.153 e. The van der Waals surface area contributed by atoms with Crippen molar-refractivity contribution in [2.75, 3.05) is 5.73 Å². The van der Waals surface area contributed by atoms with Crippen molar-refractivity contribution >= 4 is 11.5 Å². The summed E-state index contributed by atoms with van der Waals surface area (Å²) in [7, 11) is 0. The first kappa shape index (κ1) is 10.6. The lowest BCUT2D eigenvalue weighted by atomic mass is 9.86. The first-order valence-electron chi connectivity index (χ1n) is 6.42. The number of imidazole rings is 1. The monoisotopic (exact) mass is 230 g/mol. The van der Waals surface area contributed by atoms with E-state index < -0.39 is 0 Å². The molecule has 0 spiro atoms. The number of hydrogen-bond donors (Lipinski definition) is 1. The summed E-state index contributed by atoms with van der Waals surface area (Å²) in [6, 6.07) is 3.72. The molecule has 2 heterocycles. The maximum absolute atomic E-state index is 5.66. The third-order valence-electron chi connectivity index (χ3n) is 3.61. The summed E-state index contributed by atoms with van der Waals surface area (Å²) in [4.78, 5) is 4.59. The highest BCUT2D eigenvalue weighted by molar-refractivity contribution is 5.42. The highest BCUT2D eigenvalue weighted by Gasteiger charge is 2.15. The molecule has 2 N–H and O–H groups in total. The molecule has 90 valence electrons. The molecule has 0 aliphatic heterocycles. The van der Waals surface area contributed by atoms with Crippen molar-refractivity contribution in [2.45, 2.75) is 38.5 Å². The predicted molar refractivity (Wildman–Crippen MR) is 67.7 cm³/mol. The fraction of sp³-hybridized carbons (Fsp3) is 0.538. The number of rotatable bonds is 2. The van der Waals surface area contributed by atoms with E-state index >= 15 is 0 Å². The van der Waals surface area contributed by atoms with E-state index in [4.69, 9.17) is 5.73 Å². The first-order chi connectivity index (χ1) is 8.31. The Bertz CT molecular complexity index is 511. The molecule has 2 aromatic rings. The number of nitrogen functional groups attached to an aromatic ring is 1. The van der Waals surface area contributed by atoms with Crippen molar-refractivity contribution in [1.29, 1.82) is 0 Å². The minimum Gasteiger partial charge on any atom is -0.382 e. The third-order valence-corrected chi connectivity index (χ3v) is 3.61. The van der Waals surface area contributed by atoms with E-state index in [0.29, 0.717) is 5.82 Å². The van der Waals surface area contributed by atoms with Gasteiger partial charge in [-0.1, -0.05) is 32.1 Å². The Morgan fingerprint density at radius 1 is 1.24 bits per heavy atom. The Labute approximate surface area is 101 Å². The normalized spacial score (nSPS) is 17.6. The van der Waals surface area contributed by atoms with Crippen molar-refractivity contribution < 1.29 is 0 Å². The molecule has 0 aromatic carbocycles. The zero-order valence-electron chi connectivity index (χ0n) is 9.97. The number of nitrogens with zero attached hydrogens (tertiary/aromatic N) is 3. The van der Waals surface area contributed by atoms with Gasteiger partial charge in [-0.15, -0.1) is 5.10 Å². The summed E-state index contributed by atoms with van der Waals surface area (Å²) in [5.74, 6) is 1.35. The molecule has 4 heteroatoms. The van der Waals surface area contributed by atoms with Crippen LogP contribution in [0.1, 0.15) is 37.8 Å². The molecule has 0 amide bonds. The van der Waals surface area contributed by atoms with Gasteiger partial charge in [-0.3, -0.25) is 0 Å². The molecule has 0 unspecified atom stereocenters. The van der Waals surface area contributed by atoms with Crippen molar-refractivity contribution in [3.63, 3.8) is 0 Å². The van der Waals surface area contributed by atoms with Gasteiger partial charge in [0.25, 0.3) is 0 Å². The molecule has 1 fully saturated rings. The van der Waals surface area contributed by atoms with Gasteiger partial charge in [0.2, 0.25) is 0 Å². The second-order valence-corrected chi connectivity index (χ2v) is 5.00. The van der Waals surface area contributed by atoms with Gasteiger partial charge in [0.05, 0.1) is 11.9 Å². The van der Waals surface area contributed by atoms with Gasteiger partial charge in [0.15, 0.2) is 5.65 Å². The molecule has 1 aliphatic carbocycles. The predicted octanol–water partition coefficient (Wildman–Crippen LogP) is 2.43. The summed E-state index contributed by atoms with van der Waals surface area (Å²) in [6.07, 6.45) is 9.96. The summed E-state index contributed by atoms with van der Waals surface area (Å²) in [5, 5.41) is 4.22. The molecule has 0 radical (unpaired) electrons. The zero-order chi connectivity index (χ0) is 11.7. The lowest BCUT2D eigenvalue weighted by Crippen LogP contribution is -2.09. The second-order valence-electron chi connectivity index (χ2n) is 5.00. The van der Waals surface area contributed by atoms with Gasteiger partial charge < -0.3 is 5.73 Å². The van der Waals surface area contributed by atoms with E-state index in [1.807, 2.05) is 12.3 Å². The standard InChI is InChI=1S/C13H18N4/c14-12-6-7-13-15-11(9-17(13)16-12)8-10-4-2-1-3-5-10/h6-7,9-10H,1-5,8H2,(H2,14,16). The number of aromatic nitrogens is 3. The van der Waals surface area contributed by atoms with Crippen LogP contribution in [-0.2, 0) is 6.42 Å². The molecule has 17 heavy (non-hydrogen) atoms. The molecule has 0 bridgehead atoms. The fourth-order valence-corrected chi connectivity index (χ4v) is 2.73. The SMILES string of the molecule is Nc1ccc2nc(CC3CCCCC3)cn2n1. The third kappa shape index (κ3) is 2.25. The highest BCUT2D eigenvalue weighted by atomic mass is 15.3. The quantitative estimate of drug-likeness (QED) is 0.862. The number of nitrogens with two attached hydrogens (primary N) is 1. The van der Waals surface area contributed by atoms with Gasteiger partial charge in [0, 0.05) is 0 Å². The van der Waals surface area contributed by atoms with Crippen LogP contribution in [-0.4, -0.2) is 14.6 Å². The van der Waals surface area contributed by atoms with Crippen LogP contribution >= 0.6 is 0 Å². The van der Waals surface area contributed by atoms with Gasteiger partial charge >= 0.3 is 0 Å². The maximum Gasteiger partial charge on any atom is 0.153 e. The minimum absolute atomic E-state index is 0.541. The van der Waals surface area contributed by atoms with Crippen molar-refractivity contribution in [2.24, 2.45) is 5.92 Å². The molecule has 4 nitrogen and oxygen atoms in total. The average molecular weight is 230 g/mol. The van der Waals surface area contributed by atoms with E-state index in [2.05, 4.69) is 10.1 Å². The van der Waals surface area contributed by atoms with Crippen LogP contribution in [0.25, 0.3) is 5.65 Å². The summed E-state index contributed by atoms with van der Waals surface area (Å²) in [6.45, 7) is 0. The Kier molecular flexibility index (Phi) is 2.71. The van der Waals surface area contributed by atoms with Gasteiger partial charge in [-0.25, -0.2) is 9.50 Å². The zero-order valence-corrected chi connectivity index (χ0v) is 9.97. The van der Waals surface area contributed by atoms with Crippen LogP contribution in [0.15, 0.2) is 18.3 Å². The van der Waals surface area contributed by atoms with Crippen molar-refractivity contribution in [1.82, 2.24) is 14.6 Å². The Balaban J connectivity index is 1.80. The number of fused-ring (bicyclic) bond motifs is 1. The molecule has 0 saturated heterocycles. The summed E-state index contributed by atoms with van der Waals surface area (Å²) >= 11 is 0.